The van der Waals surface area contributed by atoms with E-state index in [1.165, 1.54) is 0 Å². The Morgan fingerprint density at radius 2 is 2.12 bits per heavy atom. The fourth-order valence-corrected chi connectivity index (χ4v) is 1.33. The molecule has 0 bridgehead atoms. The molecule has 5 nitrogen and oxygen atoms in total. The molecule has 0 atom stereocenters. The van der Waals surface area contributed by atoms with Crippen molar-refractivity contribution < 1.29 is 9.47 Å². The number of rotatable bonds is 9. The van der Waals surface area contributed by atoms with E-state index in [-0.39, 0.29) is 0 Å². The monoisotopic (exact) mass is 239 g/mol. The Morgan fingerprint density at radius 1 is 1.24 bits per heavy atom. The number of pyridine rings is 1. The van der Waals surface area contributed by atoms with E-state index in [2.05, 4.69) is 15.6 Å². The van der Waals surface area contributed by atoms with Gasteiger partial charge in [-0.25, -0.2) is 4.98 Å². The third-order valence-electron chi connectivity index (χ3n) is 2.13. The summed E-state index contributed by atoms with van der Waals surface area (Å²) in [5.74, 6) is 0.887. The number of hydrogen-bond acceptors (Lipinski definition) is 5. The quantitative estimate of drug-likeness (QED) is 0.641. The van der Waals surface area contributed by atoms with E-state index >= 15 is 0 Å². The average molecular weight is 239 g/mol. The van der Waals surface area contributed by atoms with Crippen molar-refractivity contribution in [3.8, 4) is 0 Å². The highest BCUT2D eigenvalue weighted by molar-refractivity contribution is 5.51. The summed E-state index contributed by atoms with van der Waals surface area (Å²) < 4.78 is 10.2. The molecule has 0 aliphatic rings. The van der Waals surface area contributed by atoms with Crippen molar-refractivity contribution in [3.63, 3.8) is 0 Å². The van der Waals surface area contributed by atoms with Crippen LogP contribution in [-0.2, 0) is 9.47 Å². The molecule has 0 aromatic carbocycles. The summed E-state index contributed by atoms with van der Waals surface area (Å²) in [6.07, 6.45) is 1.78. The second-order valence-corrected chi connectivity index (χ2v) is 3.49. The van der Waals surface area contributed by atoms with Crippen molar-refractivity contribution in [2.24, 2.45) is 0 Å². The van der Waals surface area contributed by atoms with Gasteiger partial charge in [0.15, 0.2) is 0 Å². The molecule has 0 spiro atoms. The Balaban J connectivity index is 2.19. The molecule has 5 heteroatoms. The average Bonchev–Trinajstić information content (AvgIpc) is 2.35. The van der Waals surface area contributed by atoms with Gasteiger partial charge < -0.3 is 20.1 Å². The van der Waals surface area contributed by atoms with Gasteiger partial charge in [0.1, 0.15) is 5.82 Å². The molecule has 0 aliphatic carbocycles. The predicted octanol–water partition coefficient (Wildman–Crippen LogP) is 1.59. The maximum atomic E-state index is 5.35. The minimum atomic E-state index is 0.636. The standard InChI is InChI=1S/C12H21N3O2/c1-3-13-12-10-11(4-5-15-12)14-6-7-17-9-8-16-2/h4-5,10H,3,6-9H2,1-2H3,(H2,13,14,15). The molecule has 96 valence electrons. The molecule has 0 fully saturated rings. The highest BCUT2D eigenvalue weighted by Crippen LogP contribution is 2.10. The van der Waals surface area contributed by atoms with Crippen LogP contribution in [0.2, 0.25) is 0 Å². The lowest BCUT2D eigenvalue weighted by Gasteiger charge is -2.08. The van der Waals surface area contributed by atoms with Crippen LogP contribution in [0.4, 0.5) is 11.5 Å². The number of nitrogens with one attached hydrogen (secondary N) is 2. The molecule has 1 heterocycles. The van der Waals surface area contributed by atoms with E-state index in [9.17, 15) is 0 Å². The van der Waals surface area contributed by atoms with Crippen molar-refractivity contribution in [3.05, 3.63) is 18.3 Å². The predicted molar refractivity (Wildman–Crippen MR) is 69.6 cm³/mol. The second-order valence-electron chi connectivity index (χ2n) is 3.49. The van der Waals surface area contributed by atoms with Crippen LogP contribution in [0.3, 0.4) is 0 Å². The number of hydrogen-bond donors (Lipinski definition) is 2. The zero-order valence-corrected chi connectivity index (χ0v) is 10.5. The van der Waals surface area contributed by atoms with Gasteiger partial charge in [0, 0.05) is 38.1 Å². The van der Waals surface area contributed by atoms with Gasteiger partial charge in [-0.3, -0.25) is 0 Å². The first kappa shape index (κ1) is 13.7. The lowest BCUT2D eigenvalue weighted by molar-refractivity contribution is 0.0759. The summed E-state index contributed by atoms with van der Waals surface area (Å²) in [5, 5.41) is 6.44. The van der Waals surface area contributed by atoms with Gasteiger partial charge in [0.25, 0.3) is 0 Å². The van der Waals surface area contributed by atoms with Crippen molar-refractivity contribution in [1.29, 1.82) is 0 Å². The Hall–Kier alpha value is -1.33. The zero-order valence-electron chi connectivity index (χ0n) is 10.5. The second kappa shape index (κ2) is 8.78. The van der Waals surface area contributed by atoms with E-state index in [1.807, 2.05) is 19.1 Å². The molecule has 0 aliphatic heterocycles. The summed E-state index contributed by atoms with van der Waals surface area (Å²) in [5.41, 5.74) is 1.05. The number of aromatic nitrogens is 1. The van der Waals surface area contributed by atoms with Crippen LogP contribution in [0.25, 0.3) is 0 Å². The van der Waals surface area contributed by atoms with Crippen molar-refractivity contribution in [2.45, 2.75) is 6.92 Å². The van der Waals surface area contributed by atoms with Crippen LogP contribution < -0.4 is 10.6 Å². The first-order chi connectivity index (χ1) is 8.36. The third-order valence-corrected chi connectivity index (χ3v) is 2.13. The van der Waals surface area contributed by atoms with Gasteiger partial charge >= 0.3 is 0 Å². The highest BCUT2D eigenvalue weighted by atomic mass is 16.5. The van der Waals surface area contributed by atoms with Gasteiger partial charge in [-0.2, -0.15) is 0 Å². The SMILES string of the molecule is CCNc1cc(NCCOCCOC)ccn1. The number of methoxy groups -OCH3 is 1. The molecule has 1 aromatic heterocycles. The number of anilines is 2. The normalized spacial score (nSPS) is 10.2. The van der Waals surface area contributed by atoms with Crippen LogP contribution in [0, 0.1) is 0 Å². The Morgan fingerprint density at radius 3 is 2.88 bits per heavy atom. The van der Waals surface area contributed by atoms with Crippen LogP contribution in [0.1, 0.15) is 6.92 Å². The van der Waals surface area contributed by atoms with Crippen LogP contribution in [0.5, 0.6) is 0 Å². The Kier molecular flexibility index (Phi) is 7.09. The van der Waals surface area contributed by atoms with Crippen molar-refractivity contribution >= 4 is 11.5 Å². The summed E-state index contributed by atoms with van der Waals surface area (Å²) in [4.78, 5) is 4.20. The molecule has 0 saturated heterocycles. The van der Waals surface area contributed by atoms with Gasteiger partial charge in [-0.05, 0) is 13.0 Å². The van der Waals surface area contributed by atoms with E-state index in [0.717, 1.165) is 24.6 Å². The fraction of sp³-hybridized carbons (Fsp3) is 0.583. The maximum absolute atomic E-state index is 5.35. The summed E-state index contributed by atoms with van der Waals surface area (Å²) in [6.45, 7) is 5.64. The maximum Gasteiger partial charge on any atom is 0.127 e. The minimum absolute atomic E-state index is 0.636. The van der Waals surface area contributed by atoms with Gasteiger partial charge in [0.05, 0.1) is 19.8 Å². The molecule has 17 heavy (non-hydrogen) atoms. The molecule has 0 radical (unpaired) electrons. The molecule has 0 saturated carbocycles. The summed E-state index contributed by atoms with van der Waals surface area (Å²) >= 11 is 0. The molecule has 1 rings (SSSR count). The van der Waals surface area contributed by atoms with E-state index in [4.69, 9.17) is 9.47 Å². The zero-order chi connectivity index (χ0) is 12.3. The van der Waals surface area contributed by atoms with E-state index < -0.39 is 0 Å². The lowest BCUT2D eigenvalue weighted by atomic mass is 10.4. The van der Waals surface area contributed by atoms with Crippen molar-refractivity contribution in [2.75, 3.05) is 50.7 Å². The third kappa shape index (κ3) is 6.09. The molecule has 2 N–H and O–H groups in total. The summed E-state index contributed by atoms with van der Waals surface area (Å²) in [7, 11) is 1.67. The Labute approximate surface area is 103 Å². The number of nitrogens with zero attached hydrogens (tertiary/aromatic N) is 1. The topological polar surface area (TPSA) is 55.4 Å². The fourth-order valence-electron chi connectivity index (χ4n) is 1.33. The first-order valence-electron chi connectivity index (χ1n) is 5.87. The van der Waals surface area contributed by atoms with Gasteiger partial charge in [-0.1, -0.05) is 0 Å². The van der Waals surface area contributed by atoms with E-state index in [0.29, 0.717) is 19.8 Å². The van der Waals surface area contributed by atoms with Crippen LogP contribution in [-0.4, -0.2) is 45.0 Å². The first-order valence-corrected chi connectivity index (χ1v) is 5.87. The lowest BCUT2D eigenvalue weighted by Crippen LogP contribution is -2.12. The molecule has 0 unspecified atom stereocenters. The van der Waals surface area contributed by atoms with Gasteiger partial charge in [-0.15, -0.1) is 0 Å². The van der Waals surface area contributed by atoms with Crippen LogP contribution in [0.15, 0.2) is 18.3 Å². The molecular formula is C12H21N3O2. The number of ether oxygens (including phenoxy) is 2. The summed E-state index contributed by atoms with van der Waals surface area (Å²) in [6, 6.07) is 3.93. The molecule has 0 amide bonds. The minimum Gasteiger partial charge on any atom is -0.383 e. The smallest absolute Gasteiger partial charge is 0.127 e. The Bertz CT molecular complexity index is 308. The highest BCUT2D eigenvalue weighted by Gasteiger charge is 1.95. The van der Waals surface area contributed by atoms with Gasteiger partial charge in [0.2, 0.25) is 0 Å². The largest absolute Gasteiger partial charge is 0.383 e. The molecular weight excluding hydrogens is 218 g/mol. The molecule has 1 aromatic rings. The van der Waals surface area contributed by atoms with E-state index in [1.54, 1.807) is 13.3 Å². The van der Waals surface area contributed by atoms with Crippen LogP contribution >= 0.6 is 0 Å². The van der Waals surface area contributed by atoms with Crippen molar-refractivity contribution in [1.82, 2.24) is 4.98 Å².